The minimum atomic E-state index is -0.286. The molecule has 2 unspecified atom stereocenters. The molecule has 0 aromatic carbocycles. The number of nitrogens with zero attached hydrogens (tertiary/aromatic N) is 1. The molecular formula is C12H17NO2. The van der Waals surface area contributed by atoms with Gasteiger partial charge in [0.05, 0.1) is 6.10 Å². The maximum absolute atomic E-state index is 9.87. The topological polar surface area (TPSA) is 42.4 Å². The molecule has 15 heavy (non-hydrogen) atoms. The quantitative estimate of drug-likeness (QED) is 0.811. The molecule has 1 aromatic rings. The number of pyridine rings is 1. The lowest BCUT2D eigenvalue weighted by atomic mass is 9.98. The molecule has 2 heterocycles. The molecule has 0 bridgehead atoms. The molecule has 1 aliphatic rings. The van der Waals surface area contributed by atoms with Gasteiger partial charge in [0.1, 0.15) is 0 Å². The van der Waals surface area contributed by atoms with Crippen LogP contribution in [-0.4, -0.2) is 29.4 Å². The van der Waals surface area contributed by atoms with E-state index < -0.39 is 0 Å². The van der Waals surface area contributed by atoms with Gasteiger partial charge in [-0.15, -0.1) is 0 Å². The molecule has 1 N–H and O–H groups in total. The van der Waals surface area contributed by atoms with E-state index in [4.69, 9.17) is 4.74 Å². The van der Waals surface area contributed by atoms with E-state index in [0.29, 0.717) is 12.3 Å². The summed E-state index contributed by atoms with van der Waals surface area (Å²) in [6.45, 7) is 1.65. The Morgan fingerprint density at radius 2 is 2.47 bits per heavy atom. The van der Waals surface area contributed by atoms with Crippen LogP contribution in [0.2, 0.25) is 0 Å². The minimum Gasteiger partial charge on any atom is -0.393 e. The van der Waals surface area contributed by atoms with Crippen LogP contribution in [0.3, 0.4) is 0 Å². The van der Waals surface area contributed by atoms with Gasteiger partial charge < -0.3 is 9.84 Å². The van der Waals surface area contributed by atoms with Crippen LogP contribution >= 0.6 is 0 Å². The highest BCUT2D eigenvalue weighted by Gasteiger charge is 2.19. The Bertz CT molecular complexity index is 283. The number of aromatic nitrogens is 1. The Morgan fingerprint density at radius 1 is 1.53 bits per heavy atom. The van der Waals surface area contributed by atoms with E-state index in [9.17, 15) is 5.11 Å². The minimum absolute atomic E-state index is 0.286. The molecule has 0 saturated carbocycles. The Balaban J connectivity index is 1.79. The first kappa shape index (κ1) is 10.6. The molecule has 1 saturated heterocycles. The predicted octanol–water partition coefficient (Wildman–Crippen LogP) is 1.41. The SMILES string of the molecule is OC(Cc1ccccn1)CC1CCOC1. The summed E-state index contributed by atoms with van der Waals surface area (Å²) in [7, 11) is 0. The number of aliphatic hydroxyl groups is 1. The highest BCUT2D eigenvalue weighted by atomic mass is 16.5. The van der Waals surface area contributed by atoms with Crippen molar-refractivity contribution >= 4 is 0 Å². The van der Waals surface area contributed by atoms with Crippen molar-refractivity contribution in [3.8, 4) is 0 Å². The molecule has 1 aliphatic heterocycles. The summed E-state index contributed by atoms with van der Waals surface area (Å²) in [6.07, 6.45) is 4.04. The van der Waals surface area contributed by atoms with Crippen molar-refractivity contribution in [3.63, 3.8) is 0 Å². The van der Waals surface area contributed by atoms with Crippen molar-refractivity contribution in [1.29, 1.82) is 0 Å². The third-order valence-electron chi connectivity index (χ3n) is 2.80. The Hall–Kier alpha value is -0.930. The molecule has 0 radical (unpaired) electrons. The van der Waals surface area contributed by atoms with Gasteiger partial charge in [0.15, 0.2) is 0 Å². The Kier molecular flexibility index (Phi) is 3.69. The molecule has 2 atom stereocenters. The first-order valence-electron chi connectivity index (χ1n) is 5.50. The predicted molar refractivity (Wildman–Crippen MR) is 57.5 cm³/mol. The number of hydrogen-bond acceptors (Lipinski definition) is 3. The largest absolute Gasteiger partial charge is 0.393 e. The fourth-order valence-electron chi connectivity index (χ4n) is 2.00. The van der Waals surface area contributed by atoms with Gasteiger partial charge in [0.25, 0.3) is 0 Å². The number of rotatable bonds is 4. The van der Waals surface area contributed by atoms with Gasteiger partial charge in [0.2, 0.25) is 0 Å². The molecule has 1 fully saturated rings. The molecule has 1 aromatic heterocycles. The van der Waals surface area contributed by atoms with Crippen molar-refractivity contribution in [2.75, 3.05) is 13.2 Å². The first-order chi connectivity index (χ1) is 7.34. The molecule has 0 spiro atoms. The van der Waals surface area contributed by atoms with Crippen LogP contribution in [0.1, 0.15) is 18.5 Å². The average Bonchev–Trinajstić information content (AvgIpc) is 2.71. The lowest BCUT2D eigenvalue weighted by Crippen LogP contribution is -2.16. The maximum Gasteiger partial charge on any atom is 0.0599 e. The first-order valence-corrected chi connectivity index (χ1v) is 5.50. The average molecular weight is 207 g/mol. The van der Waals surface area contributed by atoms with E-state index in [2.05, 4.69) is 4.98 Å². The van der Waals surface area contributed by atoms with Crippen LogP contribution in [-0.2, 0) is 11.2 Å². The fourth-order valence-corrected chi connectivity index (χ4v) is 2.00. The smallest absolute Gasteiger partial charge is 0.0599 e. The Morgan fingerprint density at radius 3 is 3.13 bits per heavy atom. The Labute approximate surface area is 90.1 Å². The second-order valence-corrected chi connectivity index (χ2v) is 4.14. The van der Waals surface area contributed by atoms with Crippen LogP contribution in [0, 0.1) is 5.92 Å². The van der Waals surface area contributed by atoms with Crippen molar-refractivity contribution < 1.29 is 9.84 Å². The highest BCUT2D eigenvalue weighted by molar-refractivity contribution is 5.04. The monoisotopic (exact) mass is 207 g/mol. The van der Waals surface area contributed by atoms with Crippen molar-refractivity contribution in [2.24, 2.45) is 5.92 Å². The standard InChI is InChI=1S/C12H17NO2/c14-12(7-10-4-6-15-9-10)8-11-3-1-2-5-13-11/h1-3,5,10,12,14H,4,6-9H2. The molecule has 0 aliphatic carbocycles. The molecule has 3 heteroatoms. The third kappa shape index (κ3) is 3.29. The van der Waals surface area contributed by atoms with Gasteiger partial charge in [0, 0.05) is 31.5 Å². The maximum atomic E-state index is 9.87. The lowest BCUT2D eigenvalue weighted by Gasteiger charge is -2.13. The normalized spacial score (nSPS) is 22.9. The lowest BCUT2D eigenvalue weighted by molar-refractivity contribution is 0.128. The number of hydrogen-bond donors (Lipinski definition) is 1. The van der Waals surface area contributed by atoms with E-state index in [0.717, 1.165) is 31.7 Å². The van der Waals surface area contributed by atoms with E-state index in [1.54, 1.807) is 6.20 Å². The van der Waals surface area contributed by atoms with Gasteiger partial charge in [-0.3, -0.25) is 4.98 Å². The second-order valence-electron chi connectivity index (χ2n) is 4.14. The van der Waals surface area contributed by atoms with E-state index in [-0.39, 0.29) is 6.10 Å². The van der Waals surface area contributed by atoms with Crippen molar-refractivity contribution in [2.45, 2.75) is 25.4 Å². The van der Waals surface area contributed by atoms with Crippen molar-refractivity contribution in [3.05, 3.63) is 30.1 Å². The molecular weight excluding hydrogens is 190 g/mol. The van der Waals surface area contributed by atoms with E-state index >= 15 is 0 Å². The summed E-state index contributed by atoms with van der Waals surface area (Å²) in [6, 6.07) is 5.79. The highest BCUT2D eigenvalue weighted by Crippen LogP contribution is 2.19. The third-order valence-corrected chi connectivity index (χ3v) is 2.80. The van der Waals surface area contributed by atoms with Crippen LogP contribution in [0.25, 0.3) is 0 Å². The zero-order valence-electron chi connectivity index (χ0n) is 8.80. The van der Waals surface area contributed by atoms with Crippen LogP contribution in [0.15, 0.2) is 24.4 Å². The van der Waals surface area contributed by atoms with E-state index in [1.165, 1.54) is 0 Å². The molecule has 3 nitrogen and oxygen atoms in total. The van der Waals surface area contributed by atoms with E-state index in [1.807, 2.05) is 18.2 Å². The van der Waals surface area contributed by atoms with Gasteiger partial charge in [-0.25, -0.2) is 0 Å². The summed E-state index contributed by atoms with van der Waals surface area (Å²) in [5, 5.41) is 9.87. The summed E-state index contributed by atoms with van der Waals surface area (Å²) >= 11 is 0. The summed E-state index contributed by atoms with van der Waals surface area (Å²) in [5.41, 5.74) is 0.962. The molecule has 0 amide bonds. The zero-order chi connectivity index (χ0) is 10.5. The van der Waals surface area contributed by atoms with Crippen LogP contribution < -0.4 is 0 Å². The number of ether oxygens (including phenoxy) is 1. The summed E-state index contributed by atoms with van der Waals surface area (Å²) in [4.78, 5) is 4.20. The summed E-state index contributed by atoms with van der Waals surface area (Å²) in [5.74, 6) is 0.531. The van der Waals surface area contributed by atoms with Crippen LogP contribution in [0.5, 0.6) is 0 Å². The molecule has 2 rings (SSSR count). The van der Waals surface area contributed by atoms with Crippen molar-refractivity contribution in [1.82, 2.24) is 4.98 Å². The van der Waals surface area contributed by atoms with Crippen LogP contribution in [0.4, 0.5) is 0 Å². The second kappa shape index (κ2) is 5.24. The number of aliphatic hydroxyl groups excluding tert-OH is 1. The summed E-state index contributed by atoms with van der Waals surface area (Å²) < 4.78 is 5.28. The van der Waals surface area contributed by atoms with Gasteiger partial charge >= 0.3 is 0 Å². The van der Waals surface area contributed by atoms with Gasteiger partial charge in [-0.05, 0) is 30.9 Å². The molecule has 82 valence electrons. The zero-order valence-corrected chi connectivity index (χ0v) is 8.80. The fraction of sp³-hybridized carbons (Fsp3) is 0.583. The van der Waals surface area contributed by atoms with Gasteiger partial charge in [-0.1, -0.05) is 6.07 Å². The van der Waals surface area contributed by atoms with Gasteiger partial charge in [-0.2, -0.15) is 0 Å².